The molecule has 0 heterocycles. The summed E-state index contributed by atoms with van der Waals surface area (Å²) in [5.41, 5.74) is 28.0. The highest BCUT2D eigenvalue weighted by molar-refractivity contribution is 7.80. The van der Waals surface area contributed by atoms with E-state index in [1.807, 2.05) is 0 Å². The smallest absolute Gasteiger partial charge is 0.328 e. The number of aliphatic hydroxyl groups excluding tert-OH is 2. The van der Waals surface area contributed by atoms with Gasteiger partial charge >= 0.3 is 5.97 Å². The maximum atomic E-state index is 14.2. The summed E-state index contributed by atoms with van der Waals surface area (Å²) in [5, 5.41) is 68.5. The maximum absolute atomic E-state index is 14.2. The van der Waals surface area contributed by atoms with Crippen LogP contribution in [0, 0.1) is 23.2 Å². The average Bonchev–Trinajstić information content (AvgIpc) is 0.932. The first-order chi connectivity index (χ1) is 44.0. The number of carboxylic acid groups (broad SMARTS) is 1. The number of nitrogens with two attached hydrogens (primary N) is 5. The third-order valence-electron chi connectivity index (χ3n) is 14.8. The molecule has 0 aromatic carbocycles. The standard InChI is InChI=1S/C57H105N19O17S/c1-10-29(6)43(55(91)71-35(17-12-14-22-59)51(87)75-41(27(2)3)53(89)67-32(9)46(82)74-42(28(4)5)54(90)73-39(25-78)56(92)93)76-52(88)38(24-77)72-45(81)31(8)65-44(80)30(7)66-48(84)37(19-20-40(61)79)70-49(85)34(16-11-13-21-58)69-50(86)36(18-15-23-64-57(62)63)68-47(83)33(60)26-94/h27-39,41-43,77-78,94H,10-26,58-60H2,1-9H3,(H2,61,79)(H,65,80)(H,66,84)(H,67,89)(H,68,83)(H,69,86)(H,70,85)(H,71,91)(H,72,81)(H,73,90)(H,74,82)(H,75,87)(H,76,88)(H,92,93)(H4,62,63,64)/t29-,30-,31-,32-,33-,34-,35-,36-,37-,38-,39-,41-,42-,43-/m0/s1. The predicted octanol–water partition coefficient (Wildman–Crippen LogP) is -7.67. The van der Waals surface area contributed by atoms with Gasteiger partial charge < -0.3 is 113 Å². The molecule has 94 heavy (non-hydrogen) atoms. The van der Waals surface area contributed by atoms with E-state index < -0.39 is 199 Å². The molecule has 0 radical (unpaired) electrons. The predicted molar refractivity (Wildman–Crippen MR) is 346 cm³/mol. The van der Waals surface area contributed by atoms with Crippen LogP contribution in [0.25, 0.3) is 0 Å². The number of nitrogens with one attached hydrogen (secondary N) is 14. The van der Waals surface area contributed by atoms with Gasteiger partial charge in [0.1, 0.15) is 72.5 Å². The van der Waals surface area contributed by atoms with E-state index in [0.29, 0.717) is 25.7 Å². The van der Waals surface area contributed by atoms with Crippen LogP contribution in [0.3, 0.4) is 0 Å². The Bertz CT molecular complexity index is 2550. The summed E-state index contributed by atoms with van der Waals surface area (Å²) in [6, 6.07) is -18.2. The minimum Gasteiger partial charge on any atom is -0.480 e. The largest absolute Gasteiger partial charge is 0.480 e. The number of carboxylic acids is 1. The molecule has 536 valence electrons. The monoisotopic (exact) mass is 1360 g/mol. The number of hydrogen-bond donors (Lipinski definition) is 23. The van der Waals surface area contributed by atoms with Crippen molar-refractivity contribution in [1.29, 1.82) is 5.41 Å². The van der Waals surface area contributed by atoms with Crippen LogP contribution in [0.5, 0.6) is 0 Å². The molecule has 0 aliphatic rings. The van der Waals surface area contributed by atoms with Crippen LogP contribution >= 0.6 is 12.6 Å². The summed E-state index contributed by atoms with van der Waals surface area (Å²) in [7, 11) is 0. The second-order valence-electron chi connectivity index (χ2n) is 23.4. The van der Waals surface area contributed by atoms with Crippen molar-refractivity contribution in [3.8, 4) is 0 Å². The second kappa shape index (κ2) is 45.4. The highest BCUT2D eigenvalue weighted by atomic mass is 32.1. The number of carbonyl (C=O) groups excluding carboxylic acids is 13. The van der Waals surface area contributed by atoms with Crippen LogP contribution in [0.1, 0.15) is 133 Å². The van der Waals surface area contributed by atoms with Crippen molar-refractivity contribution in [2.75, 3.05) is 38.6 Å². The summed E-state index contributed by atoms with van der Waals surface area (Å²) < 4.78 is 0. The second-order valence-corrected chi connectivity index (χ2v) is 23.8. The van der Waals surface area contributed by atoms with Gasteiger partial charge in [0.15, 0.2) is 5.96 Å². The lowest BCUT2D eigenvalue weighted by Crippen LogP contribution is -2.62. The summed E-state index contributed by atoms with van der Waals surface area (Å²) in [4.78, 5) is 186. The number of hydrogen-bond acceptors (Lipinski definition) is 21. The fourth-order valence-corrected chi connectivity index (χ4v) is 8.86. The number of amides is 13. The first-order valence-electron chi connectivity index (χ1n) is 31.3. The average molecular weight is 1360 g/mol. The van der Waals surface area contributed by atoms with Crippen LogP contribution in [-0.2, 0) is 67.1 Å². The molecule has 0 unspecified atom stereocenters. The number of carbonyl (C=O) groups is 14. The minimum absolute atomic E-state index is 0.00289. The van der Waals surface area contributed by atoms with Crippen molar-refractivity contribution in [2.24, 2.45) is 46.4 Å². The highest BCUT2D eigenvalue weighted by Gasteiger charge is 2.37. The molecule has 0 aliphatic carbocycles. The number of aliphatic hydroxyl groups is 2. The Labute approximate surface area is 553 Å². The van der Waals surface area contributed by atoms with Gasteiger partial charge in [0.25, 0.3) is 0 Å². The van der Waals surface area contributed by atoms with Gasteiger partial charge in [-0.1, -0.05) is 48.0 Å². The van der Waals surface area contributed by atoms with Crippen molar-refractivity contribution in [3.63, 3.8) is 0 Å². The van der Waals surface area contributed by atoms with Gasteiger partial charge in [0.2, 0.25) is 76.8 Å². The Morgan fingerprint density at radius 2 is 0.755 bits per heavy atom. The zero-order chi connectivity index (χ0) is 72.1. The van der Waals surface area contributed by atoms with Crippen LogP contribution in [0.2, 0.25) is 0 Å². The lowest BCUT2D eigenvalue weighted by molar-refractivity contribution is -0.143. The Morgan fingerprint density at radius 3 is 1.18 bits per heavy atom. The topological polar surface area (TPSA) is 610 Å². The first kappa shape index (κ1) is 86.0. The van der Waals surface area contributed by atoms with E-state index in [1.54, 1.807) is 41.5 Å². The fraction of sp³-hybridized carbons (Fsp3) is 0.737. The third-order valence-corrected chi connectivity index (χ3v) is 15.2. The summed E-state index contributed by atoms with van der Waals surface area (Å²) >= 11 is 4.03. The van der Waals surface area contributed by atoms with Crippen molar-refractivity contribution in [1.82, 2.24) is 69.1 Å². The number of unbranched alkanes of at least 4 members (excludes halogenated alkanes) is 2. The number of guanidine groups is 1. The molecule has 0 rings (SSSR count). The van der Waals surface area contributed by atoms with E-state index in [0.717, 1.165) is 0 Å². The van der Waals surface area contributed by atoms with Gasteiger partial charge in [-0.3, -0.25) is 67.7 Å². The van der Waals surface area contributed by atoms with Crippen molar-refractivity contribution in [2.45, 2.75) is 211 Å². The van der Waals surface area contributed by atoms with Crippen molar-refractivity contribution in [3.05, 3.63) is 0 Å². The van der Waals surface area contributed by atoms with Gasteiger partial charge in [0, 0.05) is 18.7 Å². The molecule has 13 amide bonds. The van der Waals surface area contributed by atoms with E-state index >= 15 is 0 Å². The number of rotatable bonds is 47. The molecule has 0 aliphatic heterocycles. The maximum Gasteiger partial charge on any atom is 0.328 e. The van der Waals surface area contributed by atoms with E-state index in [4.69, 9.17) is 34.1 Å². The lowest BCUT2D eigenvalue weighted by atomic mass is 9.96. The molecule has 0 spiro atoms. The Hall–Kier alpha value is -8.00. The number of primary amides is 1. The van der Waals surface area contributed by atoms with Gasteiger partial charge in [0.05, 0.1) is 19.3 Å². The van der Waals surface area contributed by atoms with Crippen molar-refractivity contribution >= 4 is 101 Å². The lowest BCUT2D eigenvalue weighted by Gasteiger charge is -2.30. The molecule has 0 saturated heterocycles. The fourth-order valence-electron chi connectivity index (χ4n) is 8.69. The number of aliphatic carboxylic acids is 1. The molecule has 0 fully saturated rings. The normalized spacial score (nSPS) is 15.6. The van der Waals surface area contributed by atoms with E-state index in [9.17, 15) is 82.4 Å². The summed E-state index contributed by atoms with van der Waals surface area (Å²) in [5.74, 6) is -15.4. The molecule has 0 saturated carbocycles. The zero-order valence-corrected chi connectivity index (χ0v) is 56.0. The SMILES string of the molecule is CC[C@H](C)[C@H](NC(=O)[C@H](CO)NC(=O)[C@H](C)NC(=O)[C@H](C)NC(=O)[C@H](CCC(N)=O)NC(=O)[C@H](CCCCN)NC(=O)[C@H](CCCNC(=N)N)NC(=O)[C@@H](N)CS)C(=O)N[C@@H](CCCCN)C(=O)N[C@H](C(=O)N[C@@H](C)C(=O)N[C@H](C(=O)N[C@@H](CO)C(=O)O)C(C)C)C(C)C. The van der Waals surface area contributed by atoms with Gasteiger partial charge in [-0.05, 0) is 109 Å². The minimum atomic E-state index is -1.74. The van der Waals surface area contributed by atoms with Gasteiger partial charge in [-0.15, -0.1) is 0 Å². The molecule has 27 N–H and O–H groups in total. The van der Waals surface area contributed by atoms with Crippen LogP contribution in [0.4, 0.5) is 0 Å². The van der Waals surface area contributed by atoms with Gasteiger partial charge in [-0.2, -0.15) is 12.6 Å². The Morgan fingerprint density at radius 1 is 0.426 bits per heavy atom. The first-order valence-corrected chi connectivity index (χ1v) is 31.9. The van der Waals surface area contributed by atoms with Crippen LogP contribution < -0.4 is 97.8 Å². The van der Waals surface area contributed by atoms with E-state index in [-0.39, 0.29) is 69.9 Å². The molecule has 37 heteroatoms. The molecule has 0 bridgehead atoms. The van der Waals surface area contributed by atoms with Crippen LogP contribution in [0.15, 0.2) is 0 Å². The molecular weight excluding hydrogens is 1250 g/mol. The zero-order valence-electron chi connectivity index (χ0n) is 55.1. The summed E-state index contributed by atoms with van der Waals surface area (Å²) in [6.07, 6.45) is 1.11. The molecular formula is C57H105N19O17S. The quantitative estimate of drug-likeness (QED) is 0.0116. The Kier molecular flexibility index (Phi) is 41.5. The number of thiol groups is 1. The molecule has 0 aromatic rings. The van der Waals surface area contributed by atoms with E-state index in [2.05, 4.69) is 81.7 Å². The third kappa shape index (κ3) is 32.2. The molecule has 36 nitrogen and oxygen atoms in total. The Balaban J connectivity index is 6.35. The van der Waals surface area contributed by atoms with Crippen LogP contribution in [-0.4, -0.2) is 221 Å². The molecule has 14 atom stereocenters. The highest BCUT2D eigenvalue weighted by Crippen LogP contribution is 2.13. The van der Waals surface area contributed by atoms with Gasteiger partial charge in [-0.25, -0.2) is 4.79 Å². The summed E-state index contributed by atoms with van der Waals surface area (Å²) in [6.45, 7) is 12.0. The van der Waals surface area contributed by atoms with E-state index in [1.165, 1.54) is 20.8 Å². The van der Waals surface area contributed by atoms with Crippen molar-refractivity contribution < 1.29 is 82.4 Å². The molecule has 0 aromatic heterocycles.